The molecule has 0 heterocycles. The number of unbranched alkanes of at least 4 members (excludes halogenated alkanes) is 1. The lowest BCUT2D eigenvalue weighted by Gasteiger charge is -2.18. The number of rotatable bonds is 8. The zero-order valence-corrected chi connectivity index (χ0v) is 10.7. The number of carboxylic acid groups (broad SMARTS) is 1. The van der Waals surface area contributed by atoms with Crippen LogP contribution in [0.1, 0.15) is 53.4 Å². The molecule has 1 unspecified atom stereocenters. The van der Waals surface area contributed by atoms with Gasteiger partial charge < -0.3 is 9.90 Å². The summed E-state index contributed by atoms with van der Waals surface area (Å²) in [7, 11) is 0. The van der Waals surface area contributed by atoms with Crippen molar-refractivity contribution < 1.29 is 19.7 Å². The van der Waals surface area contributed by atoms with Gasteiger partial charge in [-0.05, 0) is 46.0 Å². The molecule has 0 aromatic rings. The van der Waals surface area contributed by atoms with Gasteiger partial charge in [0, 0.05) is 5.97 Å². The smallest absolute Gasteiger partial charge is 0.0952 e. The molecule has 1 atom stereocenters. The SMILES string of the molecule is CCC(CCCCOOC(C)(C)C)C(=O)[O-]. The van der Waals surface area contributed by atoms with Crippen molar-refractivity contribution in [3.05, 3.63) is 0 Å². The Morgan fingerprint density at radius 1 is 1.31 bits per heavy atom. The van der Waals surface area contributed by atoms with E-state index in [0.717, 1.165) is 12.8 Å². The number of carbonyl (C=O) groups is 1. The van der Waals surface area contributed by atoms with Crippen LogP contribution in [0.25, 0.3) is 0 Å². The molecule has 0 aromatic carbocycles. The molecule has 0 saturated heterocycles. The van der Waals surface area contributed by atoms with Gasteiger partial charge in [0.15, 0.2) is 0 Å². The molecule has 4 nitrogen and oxygen atoms in total. The lowest BCUT2D eigenvalue weighted by molar-refractivity contribution is -0.348. The molecule has 0 aliphatic carbocycles. The largest absolute Gasteiger partial charge is 0.550 e. The maximum absolute atomic E-state index is 10.6. The van der Waals surface area contributed by atoms with Crippen molar-refractivity contribution in [3.8, 4) is 0 Å². The van der Waals surface area contributed by atoms with Crippen molar-refractivity contribution in [1.82, 2.24) is 0 Å². The van der Waals surface area contributed by atoms with Crippen molar-refractivity contribution >= 4 is 5.97 Å². The normalized spacial score (nSPS) is 13.8. The van der Waals surface area contributed by atoms with Crippen molar-refractivity contribution in [3.63, 3.8) is 0 Å². The highest BCUT2D eigenvalue weighted by Crippen LogP contribution is 2.12. The summed E-state index contributed by atoms with van der Waals surface area (Å²) in [5.41, 5.74) is -0.295. The number of hydrogen-bond acceptors (Lipinski definition) is 4. The summed E-state index contributed by atoms with van der Waals surface area (Å²) < 4.78 is 0. The number of carboxylic acids is 1. The van der Waals surface area contributed by atoms with Crippen LogP contribution in [-0.2, 0) is 14.6 Å². The summed E-state index contributed by atoms with van der Waals surface area (Å²) in [6, 6.07) is 0. The van der Waals surface area contributed by atoms with Gasteiger partial charge in [0.2, 0.25) is 0 Å². The van der Waals surface area contributed by atoms with E-state index in [1.54, 1.807) is 0 Å². The number of carbonyl (C=O) groups excluding carboxylic acids is 1. The van der Waals surface area contributed by atoms with Gasteiger partial charge in [-0.1, -0.05) is 13.3 Å². The molecule has 0 fully saturated rings. The summed E-state index contributed by atoms with van der Waals surface area (Å²) in [5.74, 6) is -1.28. The third-order valence-corrected chi connectivity index (χ3v) is 2.17. The Balaban J connectivity index is 3.43. The molecule has 96 valence electrons. The van der Waals surface area contributed by atoms with Crippen LogP contribution in [0.5, 0.6) is 0 Å². The quantitative estimate of drug-likeness (QED) is 0.362. The van der Waals surface area contributed by atoms with Crippen LogP contribution in [-0.4, -0.2) is 18.2 Å². The van der Waals surface area contributed by atoms with Gasteiger partial charge in [-0.25, -0.2) is 9.78 Å². The lowest BCUT2D eigenvalue weighted by atomic mass is 10.00. The molecule has 0 aromatic heterocycles. The Hall–Kier alpha value is -0.610. The van der Waals surface area contributed by atoms with E-state index >= 15 is 0 Å². The first-order valence-electron chi connectivity index (χ1n) is 5.88. The van der Waals surface area contributed by atoms with Gasteiger partial charge >= 0.3 is 0 Å². The van der Waals surface area contributed by atoms with Gasteiger partial charge in [-0.3, -0.25) is 0 Å². The van der Waals surface area contributed by atoms with Crippen LogP contribution >= 0.6 is 0 Å². The second-order valence-corrected chi connectivity index (χ2v) is 4.94. The molecule has 0 radical (unpaired) electrons. The highest BCUT2D eigenvalue weighted by atomic mass is 17.2. The fourth-order valence-electron chi connectivity index (χ4n) is 1.26. The minimum atomic E-state index is -0.950. The Morgan fingerprint density at radius 3 is 2.38 bits per heavy atom. The van der Waals surface area contributed by atoms with E-state index in [4.69, 9.17) is 9.78 Å². The van der Waals surface area contributed by atoms with Crippen LogP contribution in [0, 0.1) is 5.92 Å². The Morgan fingerprint density at radius 2 is 1.94 bits per heavy atom. The van der Waals surface area contributed by atoms with Crippen LogP contribution in [0.2, 0.25) is 0 Å². The van der Waals surface area contributed by atoms with Crippen LogP contribution < -0.4 is 5.11 Å². The fourth-order valence-corrected chi connectivity index (χ4v) is 1.26. The van der Waals surface area contributed by atoms with Crippen LogP contribution in [0.3, 0.4) is 0 Å². The molecule has 0 bridgehead atoms. The predicted octanol–water partition coefficient (Wildman–Crippen LogP) is 1.68. The molecule has 0 saturated carbocycles. The average Bonchev–Trinajstić information content (AvgIpc) is 2.14. The Bertz CT molecular complexity index is 196. The Kier molecular flexibility index (Phi) is 7.34. The van der Waals surface area contributed by atoms with Crippen LogP contribution in [0.15, 0.2) is 0 Å². The fraction of sp³-hybridized carbons (Fsp3) is 0.917. The summed E-state index contributed by atoms with van der Waals surface area (Å²) in [5, 5.41) is 10.6. The minimum Gasteiger partial charge on any atom is -0.550 e. The third-order valence-electron chi connectivity index (χ3n) is 2.17. The maximum Gasteiger partial charge on any atom is 0.0952 e. The molecule has 0 aliphatic heterocycles. The molecule has 0 N–H and O–H groups in total. The van der Waals surface area contributed by atoms with E-state index in [1.165, 1.54) is 0 Å². The minimum absolute atomic E-state index is 0.295. The molecule has 0 aliphatic rings. The summed E-state index contributed by atoms with van der Waals surface area (Å²) in [6.45, 7) is 8.10. The Labute approximate surface area is 97.9 Å². The van der Waals surface area contributed by atoms with Crippen molar-refractivity contribution in [2.45, 2.75) is 59.0 Å². The van der Waals surface area contributed by atoms with Crippen LogP contribution in [0.4, 0.5) is 0 Å². The number of aliphatic carboxylic acids is 1. The highest BCUT2D eigenvalue weighted by molar-refractivity contribution is 5.67. The van der Waals surface area contributed by atoms with E-state index in [1.807, 2.05) is 27.7 Å². The monoisotopic (exact) mass is 231 g/mol. The molecule has 0 rings (SSSR count). The van der Waals surface area contributed by atoms with Gasteiger partial charge in [0.25, 0.3) is 0 Å². The average molecular weight is 231 g/mol. The first-order valence-corrected chi connectivity index (χ1v) is 5.88. The summed E-state index contributed by atoms with van der Waals surface area (Å²) >= 11 is 0. The molecular formula is C12H23O4-. The third kappa shape index (κ3) is 8.68. The molecule has 0 amide bonds. The summed E-state index contributed by atoms with van der Waals surface area (Å²) in [4.78, 5) is 20.7. The molecule has 4 heteroatoms. The van der Waals surface area contributed by atoms with Crippen molar-refractivity contribution in [2.75, 3.05) is 6.61 Å². The van der Waals surface area contributed by atoms with Gasteiger partial charge in [-0.15, -0.1) is 0 Å². The van der Waals surface area contributed by atoms with Gasteiger partial charge in [-0.2, -0.15) is 0 Å². The zero-order valence-electron chi connectivity index (χ0n) is 10.7. The van der Waals surface area contributed by atoms with E-state index in [0.29, 0.717) is 19.4 Å². The highest BCUT2D eigenvalue weighted by Gasteiger charge is 2.11. The van der Waals surface area contributed by atoms with E-state index < -0.39 is 5.97 Å². The zero-order chi connectivity index (χ0) is 12.6. The standard InChI is InChI=1S/C12H24O4/c1-5-10(11(13)14)8-6-7-9-15-16-12(2,3)4/h10H,5-9H2,1-4H3,(H,13,14)/p-1. The van der Waals surface area contributed by atoms with E-state index in [9.17, 15) is 9.90 Å². The first kappa shape index (κ1) is 15.4. The van der Waals surface area contributed by atoms with Crippen molar-refractivity contribution in [1.29, 1.82) is 0 Å². The first-order chi connectivity index (χ1) is 7.37. The molecule has 16 heavy (non-hydrogen) atoms. The summed E-state index contributed by atoms with van der Waals surface area (Å²) in [6.07, 6.45) is 2.90. The molecule has 0 spiro atoms. The number of hydrogen-bond donors (Lipinski definition) is 0. The van der Waals surface area contributed by atoms with Crippen molar-refractivity contribution in [2.24, 2.45) is 5.92 Å². The second-order valence-electron chi connectivity index (χ2n) is 4.94. The van der Waals surface area contributed by atoms with Gasteiger partial charge in [0.05, 0.1) is 12.2 Å². The lowest BCUT2D eigenvalue weighted by Crippen LogP contribution is -2.30. The maximum atomic E-state index is 10.6. The van der Waals surface area contributed by atoms with E-state index in [2.05, 4.69) is 0 Å². The van der Waals surface area contributed by atoms with E-state index in [-0.39, 0.29) is 11.5 Å². The van der Waals surface area contributed by atoms with Gasteiger partial charge in [0.1, 0.15) is 0 Å². The predicted molar refractivity (Wildman–Crippen MR) is 59.4 cm³/mol. The topological polar surface area (TPSA) is 58.6 Å². The second kappa shape index (κ2) is 7.63. The molecular weight excluding hydrogens is 208 g/mol.